The largest absolute Gasteiger partial charge is 0.380 e. The van der Waals surface area contributed by atoms with Crippen LogP contribution in [0.15, 0.2) is 47.8 Å². The van der Waals surface area contributed by atoms with Crippen molar-refractivity contribution in [2.75, 3.05) is 25.1 Å². The van der Waals surface area contributed by atoms with Crippen LogP contribution in [0.3, 0.4) is 0 Å². The van der Waals surface area contributed by atoms with Crippen LogP contribution in [0.25, 0.3) is 0 Å². The first kappa shape index (κ1) is 26.4. The van der Waals surface area contributed by atoms with Gasteiger partial charge in [0.1, 0.15) is 0 Å². The molecule has 0 spiro atoms. The first-order valence-electron chi connectivity index (χ1n) is 11.6. The molecule has 1 aromatic carbocycles. The Labute approximate surface area is 200 Å². The highest BCUT2D eigenvalue weighted by Crippen LogP contribution is 2.32. The zero-order valence-electron chi connectivity index (χ0n) is 21.5. The molecule has 5 nitrogen and oxygen atoms in total. The van der Waals surface area contributed by atoms with Crippen molar-refractivity contribution in [2.45, 2.75) is 61.0 Å². The number of hydrogen-bond acceptors (Lipinski definition) is 4. The number of nitrogens with zero attached hydrogens (tertiary/aromatic N) is 2. The van der Waals surface area contributed by atoms with Gasteiger partial charge in [-0.15, -0.1) is 0 Å². The molecule has 0 bridgehead atoms. The van der Waals surface area contributed by atoms with Crippen LogP contribution >= 0.6 is 0 Å². The Morgan fingerprint density at radius 2 is 1.94 bits per heavy atom. The number of aryl methyl sites for hydroxylation is 3. The van der Waals surface area contributed by atoms with E-state index >= 15 is 0 Å². The second-order valence-corrected chi connectivity index (χ2v) is 8.79. The monoisotopic (exact) mass is 449 g/mol. The van der Waals surface area contributed by atoms with Gasteiger partial charge in [0, 0.05) is 19.4 Å². The molecule has 0 aromatic heterocycles. The number of ether oxygens (including phenoxy) is 1. The third-order valence-electron chi connectivity index (χ3n) is 6.25. The molecule has 1 aliphatic rings. The second-order valence-electron chi connectivity index (χ2n) is 8.79. The molecular formula is C28H39N3O2. The minimum atomic E-state index is -0.220. The van der Waals surface area contributed by atoms with Crippen molar-refractivity contribution in [3.63, 3.8) is 0 Å². The lowest BCUT2D eigenvalue weighted by atomic mass is 9.98. The van der Waals surface area contributed by atoms with Crippen LogP contribution < -0.4 is 10.3 Å². The Kier molecular flexibility index (Phi) is 9.52. The molecule has 0 saturated carbocycles. The summed E-state index contributed by atoms with van der Waals surface area (Å²) in [4.78, 5) is 15.1. The summed E-state index contributed by atoms with van der Waals surface area (Å²) in [5.41, 5.74) is 10.6. The van der Waals surface area contributed by atoms with Crippen molar-refractivity contribution in [2.24, 2.45) is 5.92 Å². The number of benzene rings is 1. The molecule has 2 atom stereocenters. The van der Waals surface area contributed by atoms with Gasteiger partial charge in [-0.25, -0.2) is 5.43 Å². The standard InChI is InChI=1S/C28H39N3O2/c1-10-12-28(32)31(27-16-21(5)20(4)15-22(27)6)26(19(3)11-2)14-13-25-23(7)17-29-30(25)18-24(8)33-9/h13-16,19,24,29H,7,11,17-18H2,1-6,8-9H3/b25-13+,26-14+. The fourth-order valence-electron chi connectivity index (χ4n) is 3.81. The van der Waals surface area contributed by atoms with Crippen LogP contribution in [-0.4, -0.2) is 37.2 Å². The smallest absolute Gasteiger partial charge is 0.307 e. The molecule has 1 N–H and O–H groups in total. The fourth-order valence-corrected chi connectivity index (χ4v) is 3.81. The molecule has 1 heterocycles. The Morgan fingerprint density at radius 3 is 2.55 bits per heavy atom. The molecule has 2 rings (SSSR count). The molecule has 0 aliphatic carbocycles. The maximum atomic E-state index is 13.3. The zero-order valence-corrected chi connectivity index (χ0v) is 21.5. The summed E-state index contributed by atoms with van der Waals surface area (Å²) in [6.45, 7) is 19.8. The van der Waals surface area contributed by atoms with Crippen molar-refractivity contribution in [1.82, 2.24) is 10.4 Å². The highest BCUT2D eigenvalue weighted by atomic mass is 16.5. The number of anilines is 1. The van der Waals surface area contributed by atoms with Crippen molar-refractivity contribution in [1.29, 1.82) is 0 Å². The summed E-state index contributed by atoms with van der Waals surface area (Å²) in [5, 5.41) is 2.07. The van der Waals surface area contributed by atoms with Gasteiger partial charge in [0.05, 0.1) is 24.0 Å². The maximum absolute atomic E-state index is 13.3. The molecule has 1 saturated heterocycles. The number of carbonyl (C=O) groups excluding carboxylic acids is 1. The van der Waals surface area contributed by atoms with Crippen LogP contribution in [0, 0.1) is 38.5 Å². The van der Waals surface area contributed by atoms with E-state index in [0.717, 1.165) is 40.2 Å². The lowest BCUT2D eigenvalue weighted by Crippen LogP contribution is -2.36. The van der Waals surface area contributed by atoms with E-state index in [1.807, 2.05) is 13.8 Å². The number of allylic oxidation sites excluding steroid dienone is 3. The SMILES string of the molecule is C=C1CNN(CC(C)OC)/C1=C/C=C(\C(C)CC)N(C(=O)C#CC)c1cc(C)c(C)cc1C. The predicted octanol–water partition coefficient (Wildman–Crippen LogP) is 5.19. The number of amides is 1. The van der Waals surface area contributed by atoms with E-state index in [1.54, 1.807) is 18.9 Å². The molecule has 2 unspecified atom stereocenters. The second kappa shape index (κ2) is 11.9. The minimum Gasteiger partial charge on any atom is -0.380 e. The molecule has 1 fully saturated rings. The third kappa shape index (κ3) is 6.37. The normalized spacial score (nSPS) is 17.1. The van der Waals surface area contributed by atoms with Crippen LogP contribution in [-0.2, 0) is 9.53 Å². The molecule has 1 amide bonds. The van der Waals surface area contributed by atoms with Crippen LogP contribution in [0.1, 0.15) is 50.8 Å². The van der Waals surface area contributed by atoms with E-state index in [0.29, 0.717) is 13.1 Å². The Hall–Kier alpha value is -2.81. The maximum Gasteiger partial charge on any atom is 0.307 e. The highest BCUT2D eigenvalue weighted by molar-refractivity contribution is 6.08. The van der Waals surface area contributed by atoms with Crippen molar-refractivity contribution in [3.05, 3.63) is 64.5 Å². The van der Waals surface area contributed by atoms with Gasteiger partial charge in [0.15, 0.2) is 0 Å². The van der Waals surface area contributed by atoms with E-state index in [4.69, 9.17) is 4.74 Å². The van der Waals surface area contributed by atoms with E-state index in [2.05, 4.69) is 80.8 Å². The number of carbonyl (C=O) groups is 1. The first-order valence-corrected chi connectivity index (χ1v) is 11.6. The van der Waals surface area contributed by atoms with E-state index in [1.165, 1.54) is 5.56 Å². The molecular weight excluding hydrogens is 410 g/mol. The highest BCUT2D eigenvalue weighted by Gasteiger charge is 2.26. The summed E-state index contributed by atoms with van der Waals surface area (Å²) in [5.74, 6) is 5.48. The van der Waals surface area contributed by atoms with Gasteiger partial charge in [0.25, 0.3) is 0 Å². The average Bonchev–Trinajstić information content (AvgIpc) is 3.12. The molecule has 1 aliphatic heterocycles. The van der Waals surface area contributed by atoms with E-state index < -0.39 is 0 Å². The molecule has 33 heavy (non-hydrogen) atoms. The molecule has 178 valence electrons. The van der Waals surface area contributed by atoms with Gasteiger partial charge in [-0.2, -0.15) is 0 Å². The molecule has 0 radical (unpaired) electrons. The van der Waals surface area contributed by atoms with Crippen LogP contribution in [0.5, 0.6) is 0 Å². The number of hydrogen-bond donors (Lipinski definition) is 1. The van der Waals surface area contributed by atoms with Gasteiger partial charge in [0.2, 0.25) is 0 Å². The Bertz CT molecular complexity index is 1010. The Balaban J connectivity index is 2.64. The van der Waals surface area contributed by atoms with Gasteiger partial charge < -0.3 is 9.75 Å². The van der Waals surface area contributed by atoms with Gasteiger partial charge in [-0.1, -0.05) is 32.4 Å². The summed E-state index contributed by atoms with van der Waals surface area (Å²) < 4.78 is 5.44. The van der Waals surface area contributed by atoms with Gasteiger partial charge in [-0.05, 0) is 93.4 Å². The number of methoxy groups -OCH3 is 1. The number of rotatable bonds is 8. The first-order chi connectivity index (χ1) is 15.6. The van der Waals surface area contributed by atoms with Gasteiger partial charge in [-0.3, -0.25) is 9.69 Å². The Morgan fingerprint density at radius 1 is 1.27 bits per heavy atom. The number of hydrazine groups is 1. The van der Waals surface area contributed by atoms with Crippen molar-refractivity contribution in [3.8, 4) is 11.8 Å². The fraction of sp³-hybridized carbons (Fsp3) is 0.464. The van der Waals surface area contributed by atoms with Crippen molar-refractivity contribution >= 4 is 11.6 Å². The molecule has 5 heteroatoms. The molecule has 1 aromatic rings. The van der Waals surface area contributed by atoms with Crippen molar-refractivity contribution < 1.29 is 9.53 Å². The summed E-state index contributed by atoms with van der Waals surface area (Å²) in [6.07, 6.45) is 5.07. The lowest BCUT2D eigenvalue weighted by Gasteiger charge is -2.29. The predicted molar refractivity (Wildman–Crippen MR) is 138 cm³/mol. The summed E-state index contributed by atoms with van der Waals surface area (Å²) in [7, 11) is 1.71. The third-order valence-corrected chi connectivity index (χ3v) is 6.25. The van der Waals surface area contributed by atoms with Crippen LogP contribution in [0.2, 0.25) is 0 Å². The average molecular weight is 450 g/mol. The van der Waals surface area contributed by atoms with E-state index in [9.17, 15) is 4.79 Å². The minimum absolute atomic E-state index is 0.0703. The van der Waals surface area contributed by atoms with Crippen LogP contribution in [0.4, 0.5) is 5.69 Å². The van der Waals surface area contributed by atoms with Gasteiger partial charge >= 0.3 is 5.91 Å². The van der Waals surface area contributed by atoms with E-state index in [-0.39, 0.29) is 17.9 Å². The number of nitrogens with one attached hydrogen (secondary N) is 1. The zero-order chi connectivity index (χ0) is 24.7. The lowest BCUT2D eigenvalue weighted by molar-refractivity contribution is -0.113. The quantitative estimate of drug-likeness (QED) is 0.555. The summed E-state index contributed by atoms with van der Waals surface area (Å²) >= 11 is 0. The summed E-state index contributed by atoms with van der Waals surface area (Å²) in [6, 6.07) is 4.22. The topological polar surface area (TPSA) is 44.8 Å².